The van der Waals surface area contributed by atoms with E-state index in [2.05, 4.69) is 10.5 Å². The third kappa shape index (κ3) is 3.09. The molecule has 9 heteroatoms. The maximum atomic E-state index is 11.9. The third-order valence-electron chi connectivity index (χ3n) is 3.26. The van der Waals surface area contributed by atoms with Gasteiger partial charge in [-0.1, -0.05) is 0 Å². The van der Waals surface area contributed by atoms with E-state index in [0.29, 0.717) is 22.7 Å². The number of carbonyl (C=O) groups excluding carboxylic acids is 1. The predicted molar refractivity (Wildman–Crippen MR) is 85.1 cm³/mol. The van der Waals surface area contributed by atoms with Crippen LogP contribution in [0.4, 0.5) is 11.4 Å². The van der Waals surface area contributed by atoms with E-state index < -0.39 is 10.8 Å². The molecule has 122 valence electrons. The Morgan fingerprint density at radius 2 is 1.92 bits per heavy atom. The number of hydrogen-bond acceptors (Lipinski definition) is 7. The summed E-state index contributed by atoms with van der Waals surface area (Å²) in [6.07, 6.45) is 1.18. The van der Waals surface area contributed by atoms with Crippen LogP contribution in [-0.4, -0.2) is 23.8 Å². The molecular formula is C15H12N4O5. The predicted octanol–water partition coefficient (Wildman–Crippen LogP) is 1.67. The Balaban J connectivity index is 1.78. The summed E-state index contributed by atoms with van der Waals surface area (Å²) in [5.74, 6) is 0.214. The number of nitro benzene ring substituents is 1. The van der Waals surface area contributed by atoms with Crippen molar-refractivity contribution >= 4 is 23.5 Å². The largest absolute Gasteiger partial charge is 0.454 e. The number of rotatable bonds is 4. The Labute approximate surface area is 135 Å². The summed E-state index contributed by atoms with van der Waals surface area (Å²) in [5.41, 5.74) is 8.72. The maximum Gasteiger partial charge on any atom is 0.282 e. The molecule has 1 aliphatic rings. The Kier molecular flexibility index (Phi) is 3.98. The molecule has 0 aromatic heterocycles. The molecule has 3 N–H and O–H groups in total. The van der Waals surface area contributed by atoms with Crippen molar-refractivity contribution in [1.29, 1.82) is 0 Å². The van der Waals surface area contributed by atoms with Gasteiger partial charge in [0.15, 0.2) is 11.5 Å². The zero-order chi connectivity index (χ0) is 17.1. The smallest absolute Gasteiger partial charge is 0.282 e. The van der Waals surface area contributed by atoms with E-state index in [1.54, 1.807) is 24.3 Å². The van der Waals surface area contributed by atoms with Gasteiger partial charge in [0.2, 0.25) is 6.79 Å². The molecule has 0 radical (unpaired) electrons. The molecule has 0 bridgehead atoms. The molecule has 2 aromatic rings. The van der Waals surface area contributed by atoms with Crippen molar-refractivity contribution in [2.75, 3.05) is 12.5 Å². The van der Waals surface area contributed by atoms with E-state index in [0.717, 1.165) is 0 Å². The van der Waals surface area contributed by atoms with Crippen LogP contribution in [0.25, 0.3) is 0 Å². The molecule has 0 aliphatic carbocycles. The number of hydrogen-bond donors (Lipinski definition) is 2. The number of fused-ring (bicyclic) bond motifs is 1. The van der Waals surface area contributed by atoms with Crippen molar-refractivity contribution in [3.05, 3.63) is 57.6 Å². The number of nitrogens with zero attached hydrogens (tertiary/aromatic N) is 2. The summed E-state index contributed by atoms with van der Waals surface area (Å²) in [6, 6.07) is 8.94. The van der Waals surface area contributed by atoms with Gasteiger partial charge in [-0.05, 0) is 30.3 Å². The standard InChI is InChI=1S/C15H12N4O5/c16-11-3-1-9(2-4-11)15(20)18-17-7-10-5-13-14(24-8-23-13)6-12(10)19(21)22/h1-7H,8,16H2,(H,18,20). The number of nitrogen functional groups attached to an aromatic ring is 1. The van der Waals surface area contributed by atoms with Crippen molar-refractivity contribution in [2.45, 2.75) is 0 Å². The molecule has 0 saturated heterocycles. The van der Waals surface area contributed by atoms with E-state index in [4.69, 9.17) is 15.2 Å². The fourth-order valence-electron chi connectivity index (χ4n) is 2.07. The monoisotopic (exact) mass is 328 g/mol. The average molecular weight is 328 g/mol. The maximum absolute atomic E-state index is 11.9. The molecular weight excluding hydrogens is 316 g/mol. The van der Waals surface area contributed by atoms with Crippen molar-refractivity contribution in [3.63, 3.8) is 0 Å². The van der Waals surface area contributed by atoms with Crippen molar-refractivity contribution in [2.24, 2.45) is 5.10 Å². The third-order valence-corrected chi connectivity index (χ3v) is 3.26. The van der Waals surface area contributed by atoms with Gasteiger partial charge in [-0.15, -0.1) is 0 Å². The minimum atomic E-state index is -0.564. The molecule has 1 amide bonds. The van der Waals surface area contributed by atoms with Crippen LogP contribution in [0.15, 0.2) is 41.5 Å². The van der Waals surface area contributed by atoms with Gasteiger partial charge in [-0.25, -0.2) is 5.43 Å². The van der Waals surface area contributed by atoms with Crippen LogP contribution < -0.4 is 20.6 Å². The highest BCUT2D eigenvalue weighted by atomic mass is 16.7. The first-order valence-electron chi connectivity index (χ1n) is 6.81. The fraction of sp³-hybridized carbons (Fsp3) is 0.0667. The summed E-state index contributed by atoms with van der Waals surface area (Å²) in [7, 11) is 0. The first kappa shape index (κ1) is 15.3. The highest BCUT2D eigenvalue weighted by Crippen LogP contribution is 2.37. The molecule has 9 nitrogen and oxygen atoms in total. The molecule has 0 saturated carbocycles. The Bertz CT molecular complexity index is 833. The molecule has 3 rings (SSSR count). The van der Waals surface area contributed by atoms with Gasteiger partial charge in [0.1, 0.15) is 0 Å². The lowest BCUT2D eigenvalue weighted by Crippen LogP contribution is -2.17. The Morgan fingerprint density at radius 3 is 2.58 bits per heavy atom. The zero-order valence-corrected chi connectivity index (χ0v) is 12.3. The first-order valence-corrected chi connectivity index (χ1v) is 6.81. The second-order valence-electron chi connectivity index (χ2n) is 4.84. The van der Waals surface area contributed by atoms with Gasteiger partial charge in [-0.2, -0.15) is 5.10 Å². The minimum absolute atomic E-state index is 0.000950. The van der Waals surface area contributed by atoms with Crippen LogP contribution in [-0.2, 0) is 0 Å². The lowest BCUT2D eigenvalue weighted by atomic mass is 10.1. The number of benzene rings is 2. The topological polar surface area (TPSA) is 129 Å². The molecule has 0 unspecified atom stereocenters. The lowest BCUT2D eigenvalue weighted by Gasteiger charge is -2.02. The number of carbonyl (C=O) groups is 1. The number of amides is 1. The lowest BCUT2D eigenvalue weighted by molar-refractivity contribution is -0.385. The van der Waals surface area contributed by atoms with E-state index in [-0.39, 0.29) is 18.0 Å². The first-order chi connectivity index (χ1) is 11.5. The number of nitrogens with two attached hydrogens (primary N) is 1. The molecule has 1 aliphatic heterocycles. The van der Waals surface area contributed by atoms with E-state index in [1.807, 2.05) is 0 Å². The Hall–Kier alpha value is -3.62. The number of nitrogens with one attached hydrogen (secondary N) is 1. The second kappa shape index (κ2) is 6.24. The fourth-order valence-corrected chi connectivity index (χ4v) is 2.07. The van der Waals surface area contributed by atoms with E-state index in [9.17, 15) is 14.9 Å². The quantitative estimate of drug-likeness (QED) is 0.380. The number of anilines is 1. The second-order valence-corrected chi connectivity index (χ2v) is 4.84. The van der Waals surface area contributed by atoms with Crippen LogP contribution in [0.2, 0.25) is 0 Å². The molecule has 2 aromatic carbocycles. The number of nitro groups is 1. The van der Waals surface area contributed by atoms with Crippen molar-refractivity contribution in [1.82, 2.24) is 5.43 Å². The normalized spacial score (nSPS) is 12.3. The summed E-state index contributed by atoms with van der Waals surface area (Å²) in [6.45, 7) is 0.000950. The van der Waals surface area contributed by atoms with Crippen molar-refractivity contribution in [3.8, 4) is 11.5 Å². The van der Waals surface area contributed by atoms with E-state index in [1.165, 1.54) is 18.3 Å². The summed E-state index contributed by atoms with van der Waals surface area (Å²) in [5, 5.41) is 14.9. The SMILES string of the molecule is Nc1ccc(C(=O)NN=Cc2cc3c(cc2[N+](=O)[O-])OCO3)cc1. The minimum Gasteiger partial charge on any atom is -0.454 e. The number of ether oxygens (including phenoxy) is 2. The number of hydrazone groups is 1. The Morgan fingerprint density at radius 1 is 1.25 bits per heavy atom. The van der Waals surface area contributed by atoms with Crippen LogP contribution >= 0.6 is 0 Å². The van der Waals surface area contributed by atoms with Crippen LogP contribution in [0.3, 0.4) is 0 Å². The molecule has 1 heterocycles. The van der Waals surface area contributed by atoms with Crippen LogP contribution in [0.5, 0.6) is 11.5 Å². The van der Waals surface area contributed by atoms with Crippen molar-refractivity contribution < 1.29 is 19.2 Å². The van der Waals surface area contributed by atoms with Gasteiger partial charge in [0.25, 0.3) is 11.6 Å². The molecule has 0 spiro atoms. The summed E-state index contributed by atoms with van der Waals surface area (Å²) in [4.78, 5) is 22.5. The van der Waals surface area contributed by atoms with Gasteiger partial charge >= 0.3 is 0 Å². The highest BCUT2D eigenvalue weighted by molar-refractivity contribution is 5.95. The summed E-state index contributed by atoms with van der Waals surface area (Å²) >= 11 is 0. The zero-order valence-electron chi connectivity index (χ0n) is 12.3. The average Bonchev–Trinajstić information content (AvgIpc) is 3.01. The van der Waals surface area contributed by atoms with Gasteiger partial charge < -0.3 is 15.2 Å². The van der Waals surface area contributed by atoms with Crippen LogP contribution in [0, 0.1) is 10.1 Å². The summed E-state index contributed by atoms with van der Waals surface area (Å²) < 4.78 is 10.3. The van der Waals surface area contributed by atoms with Crippen LogP contribution in [0.1, 0.15) is 15.9 Å². The molecule has 0 atom stereocenters. The van der Waals surface area contributed by atoms with Gasteiger partial charge in [-0.3, -0.25) is 14.9 Å². The molecule has 24 heavy (non-hydrogen) atoms. The molecule has 0 fully saturated rings. The van der Waals surface area contributed by atoms with Gasteiger partial charge in [0.05, 0.1) is 22.8 Å². The van der Waals surface area contributed by atoms with E-state index >= 15 is 0 Å². The highest BCUT2D eigenvalue weighted by Gasteiger charge is 2.22. The van der Waals surface area contributed by atoms with Gasteiger partial charge in [0, 0.05) is 11.3 Å².